The second-order valence-electron chi connectivity index (χ2n) is 18.8. The molecule has 326 valence electrons. The number of benzene rings is 10. The maximum absolute atomic E-state index is 2.56. The van der Waals surface area contributed by atoms with E-state index in [0.29, 0.717) is 0 Å². The SMILES string of the molecule is CCc1cccc(N(c2cc(-c3ccccc3)ccc2C)c2cc(C(C)C)c3ccc4c(N(c5cccc(CC)c5)c5cc(-c6ccccc6)ccc5C)cc(C(C)C)c5ccc2c3c54)c1. The minimum Gasteiger partial charge on any atom is -0.310 e. The van der Waals surface area contributed by atoms with E-state index in [2.05, 4.69) is 247 Å². The van der Waals surface area contributed by atoms with Gasteiger partial charge in [0.05, 0.1) is 11.4 Å². The summed E-state index contributed by atoms with van der Waals surface area (Å²) < 4.78 is 0. The average Bonchev–Trinajstić information content (AvgIpc) is 3.35. The molecule has 0 aromatic heterocycles. The van der Waals surface area contributed by atoms with E-state index in [9.17, 15) is 0 Å². The van der Waals surface area contributed by atoms with Crippen LogP contribution in [0.2, 0.25) is 0 Å². The van der Waals surface area contributed by atoms with Crippen molar-refractivity contribution in [1.29, 1.82) is 0 Å². The molecule has 0 heterocycles. The summed E-state index contributed by atoms with van der Waals surface area (Å²) >= 11 is 0. The zero-order valence-electron chi connectivity index (χ0n) is 39.8. The monoisotopic (exact) mass is 856 g/mol. The second-order valence-corrected chi connectivity index (χ2v) is 18.8. The molecule has 0 fully saturated rings. The highest BCUT2D eigenvalue weighted by atomic mass is 15.2. The van der Waals surface area contributed by atoms with Crippen molar-refractivity contribution in [2.75, 3.05) is 9.80 Å². The van der Waals surface area contributed by atoms with Crippen molar-refractivity contribution in [3.05, 3.63) is 215 Å². The smallest absolute Gasteiger partial charge is 0.0543 e. The third-order valence-electron chi connectivity index (χ3n) is 13.9. The number of anilines is 6. The van der Waals surface area contributed by atoms with Crippen LogP contribution >= 0.6 is 0 Å². The lowest BCUT2D eigenvalue weighted by Gasteiger charge is -2.33. The van der Waals surface area contributed by atoms with E-state index < -0.39 is 0 Å². The maximum atomic E-state index is 2.56. The highest BCUT2D eigenvalue weighted by Crippen LogP contribution is 2.52. The third kappa shape index (κ3) is 7.59. The second kappa shape index (κ2) is 17.7. The molecule has 2 heteroatoms. The van der Waals surface area contributed by atoms with Gasteiger partial charge in [0.15, 0.2) is 0 Å². The number of nitrogens with zero attached hydrogens (tertiary/aromatic N) is 2. The Morgan fingerprint density at radius 1 is 0.348 bits per heavy atom. The first kappa shape index (κ1) is 42.8. The van der Waals surface area contributed by atoms with Gasteiger partial charge in [0.25, 0.3) is 0 Å². The molecule has 0 spiro atoms. The Labute approximate surface area is 392 Å². The van der Waals surface area contributed by atoms with Crippen LogP contribution in [-0.4, -0.2) is 0 Å². The van der Waals surface area contributed by atoms with Gasteiger partial charge in [0.2, 0.25) is 0 Å². The Morgan fingerprint density at radius 2 is 0.742 bits per heavy atom. The predicted molar refractivity (Wildman–Crippen MR) is 287 cm³/mol. The first-order chi connectivity index (χ1) is 32.1. The summed E-state index contributed by atoms with van der Waals surface area (Å²) in [4.78, 5) is 5.12. The zero-order valence-corrected chi connectivity index (χ0v) is 39.8. The summed E-state index contributed by atoms with van der Waals surface area (Å²) in [5.41, 5.74) is 19.8. The molecule has 2 nitrogen and oxygen atoms in total. The van der Waals surface area contributed by atoms with Gasteiger partial charge in [-0.05, 0) is 164 Å². The lowest BCUT2D eigenvalue weighted by Crippen LogP contribution is -2.14. The minimum atomic E-state index is 0.287. The van der Waals surface area contributed by atoms with Gasteiger partial charge in [0.1, 0.15) is 0 Å². The van der Waals surface area contributed by atoms with Crippen LogP contribution in [0.4, 0.5) is 34.1 Å². The van der Waals surface area contributed by atoms with Gasteiger partial charge < -0.3 is 9.80 Å². The molecule has 10 rings (SSSR count). The van der Waals surface area contributed by atoms with E-state index in [0.717, 1.165) is 12.8 Å². The molecule has 0 unspecified atom stereocenters. The Bertz CT molecular complexity index is 3130. The summed E-state index contributed by atoms with van der Waals surface area (Å²) in [6.07, 6.45) is 1.93. The fourth-order valence-corrected chi connectivity index (χ4v) is 10.3. The summed E-state index contributed by atoms with van der Waals surface area (Å²) in [6.45, 7) is 18.5. The first-order valence-electron chi connectivity index (χ1n) is 24.0. The van der Waals surface area contributed by atoms with Crippen LogP contribution in [0.1, 0.15) is 86.8 Å². The molecule has 0 aliphatic carbocycles. The molecule has 0 aliphatic heterocycles. The molecule has 0 amide bonds. The van der Waals surface area contributed by atoms with Gasteiger partial charge in [-0.15, -0.1) is 0 Å². The summed E-state index contributed by atoms with van der Waals surface area (Å²) in [5.74, 6) is 0.573. The molecule has 0 radical (unpaired) electrons. The normalized spacial score (nSPS) is 11.7. The van der Waals surface area contributed by atoms with Gasteiger partial charge in [-0.1, -0.05) is 175 Å². The molecule has 0 saturated carbocycles. The van der Waals surface area contributed by atoms with Crippen LogP contribution in [0.5, 0.6) is 0 Å². The quantitative estimate of drug-likeness (QED) is 0.113. The molecule has 10 aromatic rings. The van der Waals surface area contributed by atoms with Crippen molar-refractivity contribution in [1.82, 2.24) is 0 Å². The fourth-order valence-electron chi connectivity index (χ4n) is 10.3. The number of rotatable bonds is 12. The largest absolute Gasteiger partial charge is 0.310 e. The van der Waals surface area contributed by atoms with Crippen molar-refractivity contribution < 1.29 is 0 Å². The Balaban J connectivity index is 1.32. The highest BCUT2D eigenvalue weighted by Gasteiger charge is 2.27. The molecular weight excluding hydrogens is 797 g/mol. The van der Waals surface area contributed by atoms with Crippen LogP contribution in [0.3, 0.4) is 0 Å². The van der Waals surface area contributed by atoms with Gasteiger partial charge in [-0.2, -0.15) is 0 Å². The summed E-state index contributed by atoms with van der Waals surface area (Å²) in [7, 11) is 0. The van der Waals surface area contributed by atoms with Crippen molar-refractivity contribution >= 4 is 66.4 Å². The molecule has 0 bridgehead atoms. The van der Waals surface area contributed by atoms with Crippen molar-refractivity contribution in [2.24, 2.45) is 0 Å². The highest BCUT2D eigenvalue weighted by molar-refractivity contribution is 6.29. The number of hydrogen-bond acceptors (Lipinski definition) is 2. The molecule has 66 heavy (non-hydrogen) atoms. The molecule has 0 aliphatic rings. The van der Waals surface area contributed by atoms with Crippen LogP contribution in [0.25, 0.3) is 54.6 Å². The van der Waals surface area contributed by atoms with Gasteiger partial charge in [-0.25, -0.2) is 0 Å². The van der Waals surface area contributed by atoms with E-state index >= 15 is 0 Å². The van der Waals surface area contributed by atoms with Gasteiger partial charge >= 0.3 is 0 Å². The van der Waals surface area contributed by atoms with Gasteiger partial charge in [0, 0.05) is 33.5 Å². The van der Waals surface area contributed by atoms with E-state index in [-0.39, 0.29) is 11.8 Å². The Morgan fingerprint density at radius 3 is 1.12 bits per heavy atom. The van der Waals surface area contributed by atoms with E-state index in [1.807, 2.05) is 0 Å². The summed E-state index contributed by atoms with van der Waals surface area (Å²) in [5, 5.41) is 7.83. The molecule has 10 aromatic carbocycles. The van der Waals surface area contributed by atoms with Crippen LogP contribution in [0, 0.1) is 13.8 Å². The lowest BCUT2D eigenvalue weighted by molar-refractivity contribution is 0.875. The Kier molecular flexibility index (Phi) is 11.5. The number of aryl methyl sites for hydroxylation is 4. The average molecular weight is 857 g/mol. The first-order valence-corrected chi connectivity index (χ1v) is 24.0. The Hall–Kier alpha value is -7.16. The van der Waals surface area contributed by atoms with E-state index in [4.69, 9.17) is 0 Å². The minimum absolute atomic E-state index is 0.287. The standard InChI is InChI=1S/C64H60N2/c1-9-45-19-17-25-51(35-45)65(59-37-49(29-27-43(59)7)47-21-13-11-14-22-47)61-39-57(41(3)4)53-32-34-56-62(40-58(42(5)6)54-31-33-55(61)63(53)64(54)56)66(52-26-18-20-46(10-2)36-52)60-38-50(30-28-44(60)8)48-23-15-12-16-24-48/h11-42H,9-10H2,1-8H3. The number of hydrogen-bond donors (Lipinski definition) is 0. The lowest BCUT2D eigenvalue weighted by atomic mass is 9.84. The molecule has 0 saturated heterocycles. The molecular formula is C64H60N2. The van der Waals surface area contributed by atoms with Crippen LogP contribution < -0.4 is 9.80 Å². The van der Waals surface area contributed by atoms with E-state index in [1.165, 1.54) is 122 Å². The predicted octanol–water partition coefficient (Wildman–Crippen LogP) is 18.8. The van der Waals surface area contributed by atoms with Gasteiger partial charge in [-0.3, -0.25) is 0 Å². The van der Waals surface area contributed by atoms with Crippen LogP contribution in [0.15, 0.2) is 182 Å². The van der Waals surface area contributed by atoms with Crippen molar-refractivity contribution in [3.63, 3.8) is 0 Å². The summed E-state index contributed by atoms with van der Waals surface area (Å²) in [6, 6.07) is 68.6. The van der Waals surface area contributed by atoms with Crippen molar-refractivity contribution in [2.45, 2.75) is 80.1 Å². The molecule has 0 N–H and O–H groups in total. The molecule has 0 atom stereocenters. The third-order valence-corrected chi connectivity index (χ3v) is 13.9. The van der Waals surface area contributed by atoms with E-state index in [1.54, 1.807) is 0 Å². The topological polar surface area (TPSA) is 6.48 Å². The fraction of sp³-hybridized carbons (Fsp3) is 0.188. The zero-order chi connectivity index (χ0) is 45.6. The van der Waals surface area contributed by atoms with Crippen molar-refractivity contribution in [3.8, 4) is 22.3 Å². The maximum Gasteiger partial charge on any atom is 0.0543 e. The van der Waals surface area contributed by atoms with Crippen LogP contribution in [-0.2, 0) is 12.8 Å².